The molecule has 7 nitrogen and oxygen atoms in total. The zero-order valence-corrected chi connectivity index (χ0v) is 9.58. The molecule has 0 spiro atoms. The summed E-state index contributed by atoms with van der Waals surface area (Å²) in [5.74, 6) is -3.47. The summed E-state index contributed by atoms with van der Waals surface area (Å²) in [7, 11) is 0. The van der Waals surface area contributed by atoms with E-state index >= 15 is 0 Å². The van der Waals surface area contributed by atoms with Crippen LogP contribution in [0.3, 0.4) is 0 Å². The van der Waals surface area contributed by atoms with Crippen LogP contribution in [0.4, 0.5) is 0 Å². The van der Waals surface area contributed by atoms with Crippen LogP contribution >= 0.6 is 0 Å². The van der Waals surface area contributed by atoms with Crippen molar-refractivity contribution in [3.05, 3.63) is 17.7 Å². The van der Waals surface area contributed by atoms with Crippen molar-refractivity contribution in [1.82, 2.24) is 0 Å². The highest BCUT2D eigenvalue weighted by Crippen LogP contribution is 2.37. The van der Waals surface area contributed by atoms with E-state index in [1.807, 2.05) is 0 Å². The Morgan fingerprint density at radius 1 is 1.28 bits per heavy atom. The van der Waals surface area contributed by atoms with Crippen molar-refractivity contribution >= 4 is 11.9 Å². The molecule has 0 saturated heterocycles. The lowest BCUT2D eigenvalue weighted by molar-refractivity contribution is -0.159. The van der Waals surface area contributed by atoms with Gasteiger partial charge in [-0.3, -0.25) is 4.79 Å². The Morgan fingerprint density at radius 3 is 2.44 bits per heavy atom. The van der Waals surface area contributed by atoms with Gasteiger partial charge in [0, 0.05) is 18.9 Å². The number of benzene rings is 1. The highest BCUT2D eigenvalue weighted by molar-refractivity contribution is 5.87. The van der Waals surface area contributed by atoms with Gasteiger partial charge in [0.15, 0.2) is 11.5 Å². The molecular weight excluding hydrogens is 242 g/mol. The number of hydrogen-bond donors (Lipinski definition) is 4. The molecule has 0 heterocycles. The number of ether oxygens (including phenoxy) is 1. The van der Waals surface area contributed by atoms with Gasteiger partial charge in [0.25, 0.3) is 0 Å². The Morgan fingerprint density at radius 2 is 1.89 bits per heavy atom. The number of phenolic OH excluding ortho intramolecular Hbond substituents is 3. The van der Waals surface area contributed by atoms with Gasteiger partial charge in [-0.25, -0.2) is 4.79 Å². The van der Waals surface area contributed by atoms with E-state index in [1.54, 1.807) is 0 Å². The van der Waals surface area contributed by atoms with Crippen LogP contribution in [0.5, 0.6) is 17.2 Å². The van der Waals surface area contributed by atoms with Crippen LogP contribution < -0.4 is 5.73 Å². The summed E-state index contributed by atoms with van der Waals surface area (Å²) in [6, 6.07) is 1.28. The van der Waals surface area contributed by atoms with Gasteiger partial charge in [-0.15, -0.1) is 0 Å². The highest BCUT2D eigenvalue weighted by atomic mass is 16.6. The molecule has 0 aliphatic rings. The molecule has 0 aromatic heterocycles. The van der Waals surface area contributed by atoms with Crippen LogP contribution in [0.15, 0.2) is 12.1 Å². The van der Waals surface area contributed by atoms with E-state index < -0.39 is 35.2 Å². The minimum absolute atomic E-state index is 0.147. The third kappa shape index (κ3) is 3.11. The lowest BCUT2D eigenvalue weighted by atomic mass is 10.0. The number of carbonyl (C=O) groups excluding carboxylic acids is 2. The maximum atomic E-state index is 11.3. The zero-order chi connectivity index (χ0) is 13.9. The van der Waals surface area contributed by atoms with Gasteiger partial charge in [0.2, 0.25) is 5.75 Å². The molecule has 0 saturated carbocycles. The fourth-order valence-corrected chi connectivity index (χ4v) is 1.31. The van der Waals surface area contributed by atoms with Crippen molar-refractivity contribution < 1.29 is 29.6 Å². The quantitative estimate of drug-likeness (QED) is 0.333. The van der Waals surface area contributed by atoms with Crippen molar-refractivity contribution in [3.8, 4) is 17.2 Å². The van der Waals surface area contributed by atoms with Crippen LogP contribution in [-0.2, 0) is 20.7 Å². The second-order valence-electron chi connectivity index (χ2n) is 3.66. The summed E-state index contributed by atoms with van der Waals surface area (Å²) < 4.78 is 4.28. The molecule has 98 valence electrons. The average Bonchev–Trinajstić information content (AvgIpc) is 2.29. The average molecular weight is 255 g/mol. The third-order valence-corrected chi connectivity index (χ3v) is 2.20. The van der Waals surface area contributed by atoms with Crippen LogP contribution in [-0.4, -0.2) is 33.3 Å². The molecule has 1 aromatic carbocycles. The SMILES string of the molecule is CC(=O)OC(=O)C(N)Cc1ccc(O)c(O)c1O. The Bertz CT molecular complexity index is 485. The standard InChI is InChI=1S/C11H13NO6/c1-5(13)18-11(17)7(12)4-6-2-3-8(14)10(16)9(6)15/h2-3,7,14-16H,4,12H2,1H3. The van der Waals surface area contributed by atoms with Crippen LogP contribution in [0, 0.1) is 0 Å². The maximum absolute atomic E-state index is 11.3. The van der Waals surface area contributed by atoms with Gasteiger partial charge in [-0.05, 0) is 6.07 Å². The molecule has 1 rings (SSSR count). The Hall–Kier alpha value is -2.28. The van der Waals surface area contributed by atoms with Crippen molar-refractivity contribution in [2.45, 2.75) is 19.4 Å². The Labute approximate surface area is 102 Å². The predicted molar refractivity (Wildman–Crippen MR) is 59.9 cm³/mol. The van der Waals surface area contributed by atoms with Crippen molar-refractivity contribution in [1.29, 1.82) is 0 Å². The van der Waals surface area contributed by atoms with Crippen molar-refractivity contribution in [3.63, 3.8) is 0 Å². The monoisotopic (exact) mass is 255 g/mol. The number of aromatic hydroxyl groups is 3. The first-order valence-electron chi connectivity index (χ1n) is 5.03. The first-order chi connectivity index (χ1) is 8.32. The largest absolute Gasteiger partial charge is 0.504 e. The lowest BCUT2D eigenvalue weighted by Crippen LogP contribution is -2.35. The van der Waals surface area contributed by atoms with Gasteiger partial charge in [0.1, 0.15) is 6.04 Å². The smallest absolute Gasteiger partial charge is 0.330 e. The number of phenols is 3. The lowest BCUT2D eigenvalue weighted by Gasteiger charge is -2.11. The number of rotatable bonds is 3. The van der Waals surface area contributed by atoms with Crippen molar-refractivity contribution in [2.24, 2.45) is 5.73 Å². The highest BCUT2D eigenvalue weighted by Gasteiger charge is 2.20. The molecule has 0 aliphatic heterocycles. The molecule has 0 fully saturated rings. The number of hydrogen-bond acceptors (Lipinski definition) is 7. The minimum atomic E-state index is -1.16. The molecule has 7 heteroatoms. The number of esters is 2. The van der Waals surface area contributed by atoms with Crippen LogP contribution in [0.25, 0.3) is 0 Å². The number of nitrogens with two attached hydrogens (primary N) is 1. The molecule has 0 aliphatic carbocycles. The van der Waals surface area contributed by atoms with Crippen LogP contribution in [0.1, 0.15) is 12.5 Å². The van der Waals surface area contributed by atoms with E-state index in [4.69, 9.17) is 10.8 Å². The normalized spacial score (nSPS) is 11.9. The van der Waals surface area contributed by atoms with E-state index in [9.17, 15) is 19.8 Å². The van der Waals surface area contributed by atoms with E-state index in [-0.39, 0.29) is 12.0 Å². The molecule has 1 unspecified atom stereocenters. The molecule has 0 amide bonds. The summed E-state index contributed by atoms with van der Waals surface area (Å²) >= 11 is 0. The Balaban J connectivity index is 2.82. The Kier molecular flexibility index (Phi) is 4.11. The first-order valence-corrected chi connectivity index (χ1v) is 5.03. The maximum Gasteiger partial charge on any atom is 0.330 e. The summed E-state index contributed by atoms with van der Waals surface area (Å²) in [5.41, 5.74) is 5.62. The third-order valence-electron chi connectivity index (χ3n) is 2.20. The van der Waals surface area contributed by atoms with Gasteiger partial charge in [0.05, 0.1) is 0 Å². The van der Waals surface area contributed by atoms with E-state index in [2.05, 4.69) is 4.74 Å². The molecule has 1 aromatic rings. The van der Waals surface area contributed by atoms with Gasteiger partial charge >= 0.3 is 11.9 Å². The molecule has 5 N–H and O–H groups in total. The van der Waals surface area contributed by atoms with Crippen molar-refractivity contribution in [2.75, 3.05) is 0 Å². The summed E-state index contributed by atoms with van der Waals surface area (Å²) in [4.78, 5) is 21.8. The zero-order valence-electron chi connectivity index (χ0n) is 9.58. The fraction of sp³-hybridized carbons (Fsp3) is 0.273. The predicted octanol–water partition coefficient (Wildman–Crippen LogP) is -0.237. The van der Waals surface area contributed by atoms with E-state index in [0.717, 1.165) is 13.0 Å². The van der Waals surface area contributed by atoms with Crippen LogP contribution in [0.2, 0.25) is 0 Å². The molecular formula is C11H13NO6. The second kappa shape index (κ2) is 5.37. The summed E-state index contributed by atoms with van der Waals surface area (Å²) in [5, 5.41) is 27.9. The first kappa shape index (κ1) is 13.8. The summed E-state index contributed by atoms with van der Waals surface area (Å²) in [6.45, 7) is 1.06. The molecule has 0 bridgehead atoms. The van der Waals surface area contributed by atoms with Gasteiger partial charge in [-0.2, -0.15) is 0 Å². The van der Waals surface area contributed by atoms with Gasteiger partial charge in [-0.1, -0.05) is 6.07 Å². The fourth-order valence-electron chi connectivity index (χ4n) is 1.31. The van der Waals surface area contributed by atoms with E-state index in [1.165, 1.54) is 6.07 Å². The second-order valence-corrected chi connectivity index (χ2v) is 3.66. The molecule has 1 atom stereocenters. The minimum Gasteiger partial charge on any atom is -0.504 e. The van der Waals surface area contributed by atoms with E-state index in [0.29, 0.717) is 0 Å². The molecule has 0 radical (unpaired) electrons. The van der Waals surface area contributed by atoms with Gasteiger partial charge < -0.3 is 25.8 Å². The molecule has 18 heavy (non-hydrogen) atoms. The summed E-state index contributed by atoms with van der Waals surface area (Å²) in [6.07, 6.45) is -0.147. The number of carbonyl (C=O) groups is 2. The topological polar surface area (TPSA) is 130 Å².